The molecule has 1 aliphatic heterocycles. The number of amidine groups is 1. The normalized spacial score (nSPS) is 20.8. The third-order valence-electron chi connectivity index (χ3n) is 4.18. The molecule has 9 nitrogen and oxygen atoms in total. The minimum atomic E-state index is -1.02. The van der Waals surface area contributed by atoms with Crippen LogP contribution in [0.5, 0.6) is 0 Å². The van der Waals surface area contributed by atoms with Crippen LogP contribution >= 0.6 is 11.6 Å². The molecule has 10 heteroatoms. The molecule has 0 radical (unpaired) electrons. The zero-order valence-corrected chi connectivity index (χ0v) is 15.7. The maximum absolute atomic E-state index is 11.6. The Morgan fingerprint density at radius 2 is 2.31 bits per heavy atom. The number of hydrogen-bond donors (Lipinski definition) is 0. The minimum absolute atomic E-state index is 0.00320. The van der Waals surface area contributed by atoms with Crippen LogP contribution in [0.2, 0.25) is 5.15 Å². The first-order valence-corrected chi connectivity index (χ1v) is 8.56. The Balaban J connectivity index is 2.27. The second-order valence-electron chi connectivity index (χ2n) is 6.05. The predicted octanol–water partition coefficient (Wildman–Crippen LogP) is 1.61. The number of ether oxygens (including phenoxy) is 1. The Morgan fingerprint density at radius 3 is 2.85 bits per heavy atom. The minimum Gasteiger partial charge on any atom is -0.468 e. The van der Waals surface area contributed by atoms with E-state index in [0.29, 0.717) is 24.1 Å². The number of carbonyl (C=O) groups excluding carboxylic acids is 1. The number of nitro groups is 1. The van der Waals surface area contributed by atoms with E-state index in [-0.39, 0.29) is 24.1 Å². The van der Waals surface area contributed by atoms with E-state index in [9.17, 15) is 14.9 Å². The number of pyridine rings is 1. The van der Waals surface area contributed by atoms with Crippen LogP contribution in [0.25, 0.3) is 0 Å². The maximum atomic E-state index is 11.6. The van der Waals surface area contributed by atoms with Crippen LogP contribution in [-0.4, -0.2) is 71.5 Å². The molecule has 26 heavy (non-hydrogen) atoms. The molecule has 0 aliphatic carbocycles. The zero-order chi connectivity index (χ0) is 19.3. The molecule has 1 saturated heterocycles. The fourth-order valence-corrected chi connectivity index (χ4v) is 2.98. The summed E-state index contributed by atoms with van der Waals surface area (Å²) < 4.78 is 4.64. The van der Waals surface area contributed by atoms with Crippen molar-refractivity contribution in [1.82, 2.24) is 14.8 Å². The number of carbonyl (C=O) groups is 1. The monoisotopic (exact) mass is 383 g/mol. The standard InChI is InChI=1S/C16H22ClN5O4/c1-4-12(11-5-6-14(17)18-7-11)19-16-13(22(24)25)8-21(10-20(16)2)9-15(23)26-3/h5-7,12-13H,4,8-10H2,1-3H3. The molecule has 2 heterocycles. The first-order chi connectivity index (χ1) is 12.3. The summed E-state index contributed by atoms with van der Waals surface area (Å²) >= 11 is 5.82. The van der Waals surface area contributed by atoms with Crippen molar-refractivity contribution in [2.24, 2.45) is 4.99 Å². The van der Waals surface area contributed by atoms with Crippen LogP contribution in [0.1, 0.15) is 24.9 Å². The van der Waals surface area contributed by atoms with E-state index in [2.05, 4.69) is 14.7 Å². The fraction of sp³-hybridized carbons (Fsp3) is 0.562. The molecule has 1 aromatic heterocycles. The van der Waals surface area contributed by atoms with Gasteiger partial charge in [0.1, 0.15) is 5.15 Å². The molecule has 2 rings (SSSR count). The predicted molar refractivity (Wildman–Crippen MR) is 96.7 cm³/mol. The Labute approximate surface area is 156 Å². The quantitative estimate of drug-likeness (QED) is 0.318. The van der Waals surface area contributed by atoms with Crippen molar-refractivity contribution in [1.29, 1.82) is 0 Å². The van der Waals surface area contributed by atoms with Crippen molar-refractivity contribution in [2.75, 3.05) is 33.9 Å². The molecule has 1 aliphatic rings. The highest BCUT2D eigenvalue weighted by Gasteiger charge is 2.38. The fourth-order valence-electron chi connectivity index (χ4n) is 2.86. The van der Waals surface area contributed by atoms with Gasteiger partial charge < -0.3 is 9.64 Å². The van der Waals surface area contributed by atoms with Crippen LogP contribution in [0.3, 0.4) is 0 Å². The van der Waals surface area contributed by atoms with Crippen molar-refractivity contribution in [3.63, 3.8) is 0 Å². The molecular weight excluding hydrogens is 362 g/mol. The molecule has 0 spiro atoms. The van der Waals surface area contributed by atoms with Gasteiger partial charge in [0.15, 0.2) is 5.84 Å². The van der Waals surface area contributed by atoms with E-state index in [1.54, 1.807) is 29.1 Å². The lowest BCUT2D eigenvalue weighted by molar-refractivity contribution is -0.506. The van der Waals surface area contributed by atoms with Gasteiger partial charge in [0.05, 0.1) is 32.9 Å². The van der Waals surface area contributed by atoms with Gasteiger partial charge >= 0.3 is 5.97 Å². The lowest BCUT2D eigenvalue weighted by Gasteiger charge is -2.36. The van der Waals surface area contributed by atoms with Gasteiger partial charge in [-0.1, -0.05) is 24.6 Å². The SMILES string of the molecule is CCC(N=C1C([N+](=O)[O-])CN(CC(=O)OC)CN1C)c1ccc(Cl)nc1. The van der Waals surface area contributed by atoms with E-state index in [1.165, 1.54) is 7.11 Å². The Morgan fingerprint density at radius 1 is 1.58 bits per heavy atom. The number of methoxy groups -OCH3 is 1. The maximum Gasteiger partial charge on any atom is 0.319 e. The average molecular weight is 384 g/mol. The van der Waals surface area contributed by atoms with Gasteiger partial charge in [0, 0.05) is 18.2 Å². The number of aliphatic imine (C=N–C) groups is 1. The average Bonchev–Trinajstić information content (AvgIpc) is 2.61. The number of halogens is 1. The molecule has 1 fully saturated rings. The summed E-state index contributed by atoms with van der Waals surface area (Å²) in [5, 5.41) is 12.0. The van der Waals surface area contributed by atoms with Crippen molar-refractivity contribution < 1.29 is 14.5 Å². The summed E-state index contributed by atoms with van der Waals surface area (Å²) in [6, 6.07) is 2.22. The van der Waals surface area contributed by atoms with Gasteiger partial charge in [0.2, 0.25) is 0 Å². The van der Waals surface area contributed by atoms with Gasteiger partial charge in [-0.15, -0.1) is 0 Å². The van der Waals surface area contributed by atoms with Crippen molar-refractivity contribution >= 4 is 23.4 Å². The smallest absolute Gasteiger partial charge is 0.319 e. The summed E-state index contributed by atoms with van der Waals surface area (Å²) in [7, 11) is 3.02. The molecular formula is C16H22ClN5O4. The van der Waals surface area contributed by atoms with Crippen molar-refractivity contribution in [3.05, 3.63) is 39.2 Å². The van der Waals surface area contributed by atoms with Gasteiger partial charge in [0.25, 0.3) is 6.04 Å². The van der Waals surface area contributed by atoms with Crippen molar-refractivity contribution in [2.45, 2.75) is 25.4 Å². The molecule has 2 atom stereocenters. The number of likely N-dealkylation sites (N-methyl/N-ethyl adjacent to an activating group) is 1. The second-order valence-corrected chi connectivity index (χ2v) is 6.44. The first-order valence-electron chi connectivity index (χ1n) is 8.18. The molecule has 0 N–H and O–H groups in total. The van der Waals surface area contributed by atoms with Crippen LogP contribution in [0.4, 0.5) is 0 Å². The number of rotatable bonds is 6. The number of hydrogen-bond acceptors (Lipinski definition) is 7. The second kappa shape index (κ2) is 8.91. The third-order valence-corrected chi connectivity index (χ3v) is 4.40. The molecule has 0 saturated carbocycles. The summed E-state index contributed by atoms with van der Waals surface area (Å²) in [6.45, 7) is 2.40. The van der Waals surface area contributed by atoms with Gasteiger partial charge in [-0.2, -0.15) is 0 Å². The highest BCUT2D eigenvalue weighted by atomic mass is 35.5. The Bertz CT molecular complexity index is 682. The number of aromatic nitrogens is 1. The highest BCUT2D eigenvalue weighted by molar-refractivity contribution is 6.29. The van der Waals surface area contributed by atoms with Crippen LogP contribution in [-0.2, 0) is 9.53 Å². The van der Waals surface area contributed by atoms with E-state index in [0.717, 1.165) is 5.56 Å². The van der Waals surface area contributed by atoms with Crippen LogP contribution in [0, 0.1) is 10.1 Å². The summed E-state index contributed by atoms with van der Waals surface area (Å²) in [6.07, 6.45) is 2.30. The van der Waals surface area contributed by atoms with Gasteiger partial charge in [-0.3, -0.25) is 24.8 Å². The lowest BCUT2D eigenvalue weighted by Crippen LogP contribution is -2.58. The molecule has 142 valence electrons. The summed E-state index contributed by atoms with van der Waals surface area (Å²) in [5.74, 6) is -0.0440. The van der Waals surface area contributed by atoms with E-state index in [4.69, 9.17) is 11.6 Å². The summed E-state index contributed by atoms with van der Waals surface area (Å²) in [5.41, 5.74) is 0.844. The van der Waals surface area contributed by atoms with E-state index >= 15 is 0 Å². The highest BCUT2D eigenvalue weighted by Crippen LogP contribution is 2.24. The molecule has 1 aromatic rings. The summed E-state index contributed by atoms with van der Waals surface area (Å²) in [4.78, 5) is 34.8. The molecule has 0 amide bonds. The Hall–Kier alpha value is -2.26. The number of nitrogens with zero attached hydrogens (tertiary/aromatic N) is 5. The number of esters is 1. The van der Waals surface area contributed by atoms with Crippen LogP contribution < -0.4 is 0 Å². The third kappa shape index (κ3) is 4.89. The van der Waals surface area contributed by atoms with Crippen LogP contribution in [0.15, 0.2) is 23.3 Å². The van der Waals surface area contributed by atoms with E-state index in [1.807, 2.05) is 13.0 Å². The largest absolute Gasteiger partial charge is 0.468 e. The Kier molecular flexibility index (Phi) is 6.87. The molecule has 0 aromatic carbocycles. The molecule has 2 unspecified atom stereocenters. The zero-order valence-electron chi connectivity index (χ0n) is 15.0. The van der Waals surface area contributed by atoms with Gasteiger partial charge in [-0.25, -0.2) is 4.98 Å². The van der Waals surface area contributed by atoms with E-state index < -0.39 is 12.0 Å². The van der Waals surface area contributed by atoms with Crippen molar-refractivity contribution in [3.8, 4) is 0 Å². The molecule has 0 bridgehead atoms. The lowest BCUT2D eigenvalue weighted by atomic mass is 10.1. The topological polar surface area (TPSA) is 101 Å². The van der Waals surface area contributed by atoms with Gasteiger partial charge in [-0.05, 0) is 18.1 Å². The first kappa shape index (κ1) is 20.1.